The largest absolute Gasteiger partial charge is 0.496 e. The molecule has 0 saturated heterocycles. The number of fused-ring (bicyclic) bond motifs is 1. The number of pyridine rings is 1. The molecule has 0 saturated carbocycles. The van der Waals surface area contributed by atoms with Gasteiger partial charge in [-0.25, -0.2) is 13.1 Å². The van der Waals surface area contributed by atoms with E-state index in [9.17, 15) is 8.42 Å². The molecule has 136 valence electrons. The Hall–Kier alpha value is -1.96. The molecule has 0 radical (unpaired) electrons. The molecule has 1 atom stereocenters. The van der Waals surface area contributed by atoms with Crippen LogP contribution in [0.15, 0.2) is 58.0 Å². The smallest absolute Gasteiger partial charge is 0.241 e. The lowest BCUT2D eigenvalue weighted by Crippen LogP contribution is -2.27. The van der Waals surface area contributed by atoms with Gasteiger partial charge in [0.2, 0.25) is 10.0 Å². The monoisotopic (exact) mass is 434 g/mol. The Balaban J connectivity index is 1.97. The zero-order valence-corrected chi connectivity index (χ0v) is 17.1. The fraction of sp³-hybridized carbons (Fsp3) is 0.211. The molecule has 1 unspecified atom stereocenters. The minimum Gasteiger partial charge on any atom is -0.496 e. The molecule has 0 amide bonds. The van der Waals surface area contributed by atoms with Crippen molar-refractivity contribution in [1.82, 2.24) is 9.71 Å². The van der Waals surface area contributed by atoms with Gasteiger partial charge in [-0.15, -0.1) is 0 Å². The molecule has 1 heterocycles. The fourth-order valence-electron chi connectivity index (χ4n) is 2.84. The van der Waals surface area contributed by atoms with Crippen LogP contribution < -0.4 is 9.46 Å². The highest BCUT2D eigenvalue weighted by Crippen LogP contribution is 2.29. The van der Waals surface area contributed by atoms with E-state index in [0.717, 1.165) is 15.6 Å². The number of hydrogen-bond donors (Lipinski definition) is 1. The summed E-state index contributed by atoms with van der Waals surface area (Å²) in [5.74, 6) is 0.694. The van der Waals surface area contributed by atoms with Crippen molar-refractivity contribution in [2.24, 2.45) is 0 Å². The number of aryl methyl sites for hydroxylation is 1. The number of rotatable bonds is 5. The van der Waals surface area contributed by atoms with Crippen LogP contribution in [0, 0.1) is 6.92 Å². The van der Waals surface area contributed by atoms with Crippen LogP contribution in [0.25, 0.3) is 10.9 Å². The van der Waals surface area contributed by atoms with E-state index in [-0.39, 0.29) is 4.90 Å². The number of aromatic nitrogens is 1. The minimum atomic E-state index is -3.72. The predicted molar refractivity (Wildman–Crippen MR) is 106 cm³/mol. The maximum Gasteiger partial charge on any atom is 0.241 e. The molecule has 3 rings (SSSR count). The van der Waals surface area contributed by atoms with Crippen LogP contribution in [0.5, 0.6) is 5.75 Å². The number of nitrogens with one attached hydrogen (secondary N) is 1. The first-order valence-electron chi connectivity index (χ1n) is 8.03. The highest BCUT2D eigenvalue weighted by Gasteiger charge is 2.22. The van der Waals surface area contributed by atoms with E-state index in [1.54, 1.807) is 50.6 Å². The van der Waals surface area contributed by atoms with Gasteiger partial charge >= 0.3 is 0 Å². The molecular weight excluding hydrogens is 416 g/mol. The van der Waals surface area contributed by atoms with Gasteiger partial charge in [0.1, 0.15) is 5.75 Å². The SMILES string of the molecule is COc1ccc(C(C)NS(=O)(=O)c2ccc(C)c3ncccc23)cc1Br. The molecule has 0 spiro atoms. The van der Waals surface area contributed by atoms with Crippen molar-refractivity contribution in [3.05, 3.63) is 64.3 Å². The van der Waals surface area contributed by atoms with Gasteiger partial charge in [-0.05, 0) is 71.2 Å². The number of nitrogens with zero attached hydrogens (tertiary/aromatic N) is 1. The molecule has 5 nitrogen and oxygen atoms in total. The maximum absolute atomic E-state index is 13.0. The standard InChI is InChI=1S/C19H19BrN2O3S/c1-12-6-9-18(15-5-4-10-21-19(12)15)26(23,24)22-13(2)14-7-8-17(25-3)16(20)11-14/h4-11,13,22H,1-3H3. The van der Waals surface area contributed by atoms with Gasteiger partial charge < -0.3 is 4.74 Å². The Kier molecular flexibility index (Phi) is 5.32. The zero-order chi connectivity index (χ0) is 18.9. The van der Waals surface area contributed by atoms with Crippen LogP contribution in [-0.4, -0.2) is 20.5 Å². The Morgan fingerprint density at radius 1 is 1.19 bits per heavy atom. The summed E-state index contributed by atoms with van der Waals surface area (Å²) >= 11 is 3.43. The van der Waals surface area contributed by atoms with Crippen molar-refractivity contribution in [3.63, 3.8) is 0 Å². The highest BCUT2D eigenvalue weighted by molar-refractivity contribution is 9.10. The quantitative estimate of drug-likeness (QED) is 0.647. The van der Waals surface area contributed by atoms with E-state index < -0.39 is 16.1 Å². The summed E-state index contributed by atoms with van der Waals surface area (Å²) in [6.45, 7) is 3.72. The van der Waals surface area contributed by atoms with Crippen molar-refractivity contribution < 1.29 is 13.2 Å². The predicted octanol–water partition coefficient (Wildman–Crippen LogP) is 4.35. The number of ether oxygens (including phenoxy) is 1. The molecule has 0 aliphatic rings. The van der Waals surface area contributed by atoms with Gasteiger partial charge in [0.05, 0.1) is 22.0 Å². The second-order valence-electron chi connectivity index (χ2n) is 6.02. The third-order valence-electron chi connectivity index (χ3n) is 4.23. The molecule has 0 aliphatic heterocycles. The van der Waals surface area contributed by atoms with E-state index >= 15 is 0 Å². The Morgan fingerprint density at radius 3 is 2.65 bits per heavy atom. The van der Waals surface area contributed by atoms with Gasteiger partial charge in [0.15, 0.2) is 0 Å². The van der Waals surface area contributed by atoms with E-state index in [0.29, 0.717) is 16.7 Å². The van der Waals surface area contributed by atoms with Gasteiger partial charge in [0.25, 0.3) is 0 Å². The molecule has 2 aromatic carbocycles. The second kappa shape index (κ2) is 7.34. The lowest BCUT2D eigenvalue weighted by molar-refractivity contribution is 0.412. The molecule has 1 aromatic heterocycles. The van der Waals surface area contributed by atoms with E-state index in [4.69, 9.17) is 4.74 Å². The third-order valence-corrected chi connectivity index (χ3v) is 6.45. The molecule has 0 fully saturated rings. The number of hydrogen-bond acceptors (Lipinski definition) is 4. The van der Waals surface area contributed by atoms with E-state index in [1.807, 2.05) is 19.1 Å². The average molecular weight is 435 g/mol. The summed E-state index contributed by atoms with van der Waals surface area (Å²) in [6, 6.07) is 12.0. The van der Waals surface area contributed by atoms with Crippen LogP contribution >= 0.6 is 15.9 Å². The van der Waals surface area contributed by atoms with Crippen molar-refractivity contribution in [2.75, 3.05) is 7.11 Å². The average Bonchev–Trinajstić information content (AvgIpc) is 2.61. The van der Waals surface area contributed by atoms with E-state index in [2.05, 4.69) is 25.6 Å². The lowest BCUT2D eigenvalue weighted by atomic mass is 10.1. The highest BCUT2D eigenvalue weighted by atomic mass is 79.9. The normalized spacial score (nSPS) is 12.9. The number of sulfonamides is 1. The number of halogens is 1. The number of benzene rings is 2. The summed E-state index contributed by atoms with van der Waals surface area (Å²) in [5, 5.41) is 0.614. The van der Waals surface area contributed by atoms with Crippen molar-refractivity contribution >= 4 is 36.9 Å². The zero-order valence-electron chi connectivity index (χ0n) is 14.7. The first-order chi connectivity index (χ1) is 12.3. The Morgan fingerprint density at radius 2 is 1.96 bits per heavy atom. The molecular formula is C19H19BrN2O3S. The van der Waals surface area contributed by atoms with Gasteiger partial charge in [0, 0.05) is 17.6 Å². The topological polar surface area (TPSA) is 68.3 Å². The molecule has 1 N–H and O–H groups in total. The third kappa shape index (κ3) is 3.60. The molecule has 3 aromatic rings. The minimum absolute atomic E-state index is 0.227. The van der Waals surface area contributed by atoms with Crippen molar-refractivity contribution in [2.45, 2.75) is 24.8 Å². The first-order valence-corrected chi connectivity index (χ1v) is 10.3. The van der Waals surface area contributed by atoms with Gasteiger partial charge in [-0.3, -0.25) is 4.98 Å². The van der Waals surface area contributed by atoms with Crippen LogP contribution in [-0.2, 0) is 10.0 Å². The van der Waals surface area contributed by atoms with Gasteiger partial charge in [-0.1, -0.05) is 12.1 Å². The van der Waals surface area contributed by atoms with Crippen LogP contribution in [0.4, 0.5) is 0 Å². The van der Waals surface area contributed by atoms with E-state index in [1.165, 1.54) is 0 Å². The number of methoxy groups -OCH3 is 1. The Labute approximate surface area is 161 Å². The second-order valence-corrected chi connectivity index (χ2v) is 8.55. The fourth-order valence-corrected chi connectivity index (χ4v) is 4.83. The summed E-state index contributed by atoms with van der Waals surface area (Å²) in [4.78, 5) is 4.54. The van der Waals surface area contributed by atoms with Gasteiger partial charge in [-0.2, -0.15) is 0 Å². The van der Waals surface area contributed by atoms with Crippen LogP contribution in [0.2, 0.25) is 0 Å². The molecule has 0 bridgehead atoms. The van der Waals surface area contributed by atoms with Crippen molar-refractivity contribution in [3.8, 4) is 5.75 Å². The molecule has 0 aliphatic carbocycles. The lowest BCUT2D eigenvalue weighted by Gasteiger charge is -2.17. The first kappa shape index (κ1) is 18.8. The summed E-state index contributed by atoms with van der Waals surface area (Å²) in [6.07, 6.45) is 1.66. The summed E-state index contributed by atoms with van der Waals surface area (Å²) in [5.41, 5.74) is 2.46. The maximum atomic E-state index is 13.0. The Bertz CT molecular complexity index is 1070. The summed E-state index contributed by atoms with van der Waals surface area (Å²) in [7, 11) is -2.13. The van der Waals surface area contributed by atoms with Crippen molar-refractivity contribution in [1.29, 1.82) is 0 Å². The summed E-state index contributed by atoms with van der Waals surface area (Å²) < 4.78 is 34.7. The van der Waals surface area contributed by atoms with Crippen LogP contribution in [0.1, 0.15) is 24.1 Å². The van der Waals surface area contributed by atoms with Crippen LogP contribution in [0.3, 0.4) is 0 Å². The molecule has 26 heavy (non-hydrogen) atoms. The molecule has 7 heteroatoms.